The summed E-state index contributed by atoms with van der Waals surface area (Å²) in [5, 5.41) is 17.5. The number of ether oxygens (including phenoxy) is 1. The average Bonchev–Trinajstić information content (AvgIpc) is 2.89. The smallest absolute Gasteiger partial charge is 0.406 e. The number of nitrogens with one attached hydrogen (secondary N) is 1. The Bertz CT molecular complexity index is 641. The number of nitrogens with zero attached hydrogens (tertiary/aromatic N) is 2. The number of aromatic nitrogens is 2. The van der Waals surface area contributed by atoms with Gasteiger partial charge in [-0.1, -0.05) is 12.1 Å². The third-order valence-electron chi connectivity index (χ3n) is 3.38. The van der Waals surface area contributed by atoms with Gasteiger partial charge in [0.05, 0.1) is 18.8 Å². The van der Waals surface area contributed by atoms with Crippen LogP contribution in [0.15, 0.2) is 36.7 Å². The second kappa shape index (κ2) is 7.67. The first kappa shape index (κ1) is 18.3. The van der Waals surface area contributed by atoms with E-state index in [1.165, 1.54) is 24.3 Å². The SMILES string of the molecule is Cc1cnn(CC(C)NCC(O)c2ccc(OC(F)(F)F)cc2)c1. The maximum atomic E-state index is 12.1. The first-order valence-corrected chi connectivity index (χ1v) is 7.49. The Kier molecular flexibility index (Phi) is 5.84. The van der Waals surface area contributed by atoms with E-state index in [9.17, 15) is 18.3 Å². The van der Waals surface area contributed by atoms with Crippen LogP contribution in [0.1, 0.15) is 24.2 Å². The highest BCUT2D eigenvalue weighted by Gasteiger charge is 2.31. The number of halogens is 3. The topological polar surface area (TPSA) is 59.3 Å². The van der Waals surface area contributed by atoms with Gasteiger partial charge in [0.1, 0.15) is 5.75 Å². The van der Waals surface area contributed by atoms with Crippen molar-refractivity contribution < 1.29 is 23.0 Å². The number of aliphatic hydroxyl groups is 1. The normalized spacial score (nSPS) is 14.4. The molecule has 2 unspecified atom stereocenters. The molecule has 0 radical (unpaired) electrons. The second-order valence-electron chi connectivity index (χ2n) is 5.68. The van der Waals surface area contributed by atoms with Crippen LogP contribution in [0, 0.1) is 6.92 Å². The van der Waals surface area contributed by atoms with Crippen LogP contribution in [0.4, 0.5) is 13.2 Å². The van der Waals surface area contributed by atoms with Gasteiger partial charge in [0.15, 0.2) is 0 Å². The molecule has 2 rings (SSSR count). The maximum Gasteiger partial charge on any atom is 0.573 e. The van der Waals surface area contributed by atoms with Crippen LogP contribution in [0.25, 0.3) is 0 Å². The third kappa shape index (κ3) is 5.86. The molecule has 0 bridgehead atoms. The van der Waals surface area contributed by atoms with Gasteiger partial charge < -0.3 is 15.2 Å². The highest BCUT2D eigenvalue weighted by molar-refractivity contribution is 5.28. The summed E-state index contributed by atoms with van der Waals surface area (Å²) in [5.41, 5.74) is 1.59. The van der Waals surface area contributed by atoms with Gasteiger partial charge in [-0.05, 0) is 37.1 Å². The van der Waals surface area contributed by atoms with Crippen LogP contribution in [-0.2, 0) is 6.54 Å². The van der Waals surface area contributed by atoms with E-state index in [2.05, 4.69) is 15.2 Å². The van der Waals surface area contributed by atoms with Gasteiger partial charge in [0.25, 0.3) is 0 Å². The molecule has 1 heterocycles. The highest BCUT2D eigenvalue weighted by atomic mass is 19.4. The molecule has 0 aliphatic heterocycles. The number of aryl methyl sites for hydroxylation is 1. The number of alkyl halides is 3. The van der Waals surface area contributed by atoms with Crippen molar-refractivity contribution in [2.45, 2.75) is 38.9 Å². The highest BCUT2D eigenvalue weighted by Crippen LogP contribution is 2.24. The summed E-state index contributed by atoms with van der Waals surface area (Å²) in [5.74, 6) is -0.311. The number of aliphatic hydroxyl groups excluding tert-OH is 1. The Morgan fingerprint density at radius 3 is 2.50 bits per heavy atom. The predicted octanol–water partition coefficient (Wildman–Crippen LogP) is 2.80. The van der Waals surface area contributed by atoms with Crippen molar-refractivity contribution in [2.24, 2.45) is 0 Å². The molecular weight excluding hydrogens is 323 g/mol. The molecule has 0 aliphatic rings. The number of hydrogen-bond donors (Lipinski definition) is 2. The van der Waals surface area contributed by atoms with Crippen LogP contribution in [0.5, 0.6) is 5.75 Å². The molecule has 0 spiro atoms. The predicted molar refractivity (Wildman–Crippen MR) is 82.5 cm³/mol. The molecule has 24 heavy (non-hydrogen) atoms. The molecule has 0 amide bonds. The molecule has 132 valence electrons. The average molecular weight is 343 g/mol. The molecule has 2 atom stereocenters. The van der Waals surface area contributed by atoms with Crippen LogP contribution >= 0.6 is 0 Å². The summed E-state index contributed by atoms with van der Waals surface area (Å²) < 4.78 is 41.9. The lowest BCUT2D eigenvalue weighted by atomic mass is 10.1. The Hall–Kier alpha value is -2.06. The van der Waals surface area contributed by atoms with E-state index >= 15 is 0 Å². The van der Waals surface area contributed by atoms with Crippen molar-refractivity contribution in [1.82, 2.24) is 15.1 Å². The summed E-state index contributed by atoms with van der Waals surface area (Å²) in [4.78, 5) is 0. The van der Waals surface area contributed by atoms with E-state index in [1.807, 2.05) is 24.7 Å². The molecule has 0 saturated heterocycles. The van der Waals surface area contributed by atoms with Crippen molar-refractivity contribution in [3.8, 4) is 5.75 Å². The lowest BCUT2D eigenvalue weighted by Gasteiger charge is -2.18. The summed E-state index contributed by atoms with van der Waals surface area (Å²) in [6.45, 7) is 4.85. The van der Waals surface area contributed by atoms with Crippen LogP contribution in [0.2, 0.25) is 0 Å². The molecule has 2 aromatic rings. The largest absolute Gasteiger partial charge is 0.573 e. The van der Waals surface area contributed by atoms with Gasteiger partial charge in [0, 0.05) is 18.8 Å². The maximum absolute atomic E-state index is 12.1. The fourth-order valence-electron chi connectivity index (χ4n) is 2.23. The van der Waals surface area contributed by atoms with E-state index in [0.717, 1.165) is 5.56 Å². The van der Waals surface area contributed by atoms with Gasteiger partial charge in [-0.15, -0.1) is 13.2 Å². The van der Waals surface area contributed by atoms with Crippen molar-refractivity contribution in [3.63, 3.8) is 0 Å². The van der Waals surface area contributed by atoms with E-state index < -0.39 is 12.5 Å². The van der Waals surface area contributed by atoms with Crippen LogP contribution < -0.4 is 10.1 Å². The molecule has 5 nitrogen and oxygen atoms in total. The zero-order valence-corrected chi connectivity index (χ0v) is 13.4. The van der Waals surface area contributed by atoms with Crippen molar-refractivity contribution in [3.05, 3.63) is 47.8 Å². The monoisotopic (exact) mass is 343 g/mol. The van der Waals surface area contributed by atoms with Crippen LogP contribution in [-0.4, -0.2) is 33.8 Å². The molecule has 1 aromatic heterocycles. The summed E-state index contributed by atoms with van der Waals surface area (Å²) >= 11 is 0. The molecule has 1 aromatic carbocycles. The zero-order valence-electron chi connectivity index (χ0n) is 13.4. The van der Waals surface area contributed by atoms with Gasteiger partial charge in [0.2, 0.25) is 0 Å². The van der Waals surface area contributed by atoms with Crippen molar-refractivity contribution in [1.29, 1.82) is 0 Å². The lowest BCUT2D eigenvalue weighted by molar-refractivity contribution is -0.274. The first-order chi connectivity index (χ1) is 11.2. The Balaban J connectivity index is 1.82. The Morgan fingerprint density at radius 2 is 1.96 bits per heavy atom. The van der Waals surface area contributed by atoms with Gasteiger partial charge in [-0.25, -0.2) is 0 Å². The van der Waals surface area contributed by atoms with Crippen molar-refractivity contribution >= 4 is 0 Å². The summed E-state index contributed by atoms with van der Waals surface area (Å²) in [6, 6.07) is 5.26. The van der Waals surface area contributed by atoms with Crippen LogP contribution in [0.3, 0.4) is 0 Å². The van der Waals surface area contributed by atoms with E-state index in [1.54, 1.807) is 6.20 Å². The van der Waals surface area contributed by atoms with Gasteiger partial charge in [-0.2, -0.15) is 5.10 Å². The standard InChI is InChI=1S/C16H20F3N3O2/c1-11-7-21-22(9-11)10-12(2)20-8-15(23)13-3-5-14(6-4-13)24-16(17,18)19/h3-7,9,12,15,20,23H,8,10H2,1-2H3. The molecule has 0 aliphatic carbocycles. The van der Waals surface area contributed by atoms with Gasteiger partial charge >= 0.3 is 6.36 Å². The van der Waals surface area contributed by atoms with E-state index in [4.69, 9.17) is 0 Å². The quantitative estimate of drug-likeness (QED) is 0.812. The number of rotatable bonds is 7. The first-order valence-electron chi connectivity index (χ1n) is 7.49. The minimum atomic E-state index is -4.72. The van der Waals surface area contributed by atoms with E-state index in [-0.39, 0.29) is 18.3 Å². The lowest BCUT2D eigenvalue weighted by Crippen LogP contribution is -2.33. The molecule has 8 heteroatoms. The summed E-state index contributed by atoms with van der Waals surface area (Å²) in [7, 11) is 0. The number of benzene rings is 1. The molecule has 0 fully saturated rings. The zero-order chi connectivity index (χ0) is 17.7. The fourth-order valence-corrected chi connectivity index (χ4v) is 2.23. The van der Waals surface area contributed by atoms with Crippen molar-refractivity contribution in [2.75, 3.05) is 6.54 Å². The summed E-state index contributed by atoms with van der Waals surface area (Å²) in [6.07, 6.45) is -1.85. The minimum Gasteiger partial charge on any atom is -0.406 e. The molecule has 2 N–H and O–H groups in total. The Labute approximate surface area is 138 Å². The molecular formula is C16H20F3N3O2. The molecule has 0 saturated carbocycles. The van der Waals surface area contributed by atoms with Gasteiger partial charge in [-0.3, -0.25) is 4.68 Å². The number of hydrogen-bond acceptors (Lipinski definition) is 4. The van der Waals surface area contributed by atoms with E-state index in [0.29, 0.717) is 12.1 Å². The minimum absolute atomic E-state index is 0.0757. The third-order valence-corrected chi connectivity index (χ3v) is 3.38. The second-order valence-corrected chi connectivity index (χ2v) is 5.68. The fraction of sp³-hybridized carbons (Fsp3) is 0.438. The Morgan fingerprint density at radius 1 is 1.29 bits per heavy atom.